The van der Waals surface area contributed by atoms with Crippen LogP contribution in [0.1, 0.15) is 42.3 Å². The molecule has 0 fully saturated rings. The fourth-order valence-electron chi connectivity index (χ4n) is 3.33. The molecule has 1 amide bonds. The van der Waals surface area contributed by atoms with Crippen LogP contribution in [0.3, 0.4) is 0 Å². The highest BCUT2D eigenvalue weighted by molar-refractivity contribution is 6.07. The van der Waals surface area contributed by atoms with Crippen molar-refractivity contribution in [3.63, 3.8) is 0 Å². The van der Waals surface area contributed by atoms with Gasteiger partial charge < -0.3 is 14.6 Å². The summed E-state index contributed by atoms with van der Waals surface area (Å²) in [4.78, 5) is 36.6. The van der Waals surface area contributed by atoms with Crippen LogP contribution >= 0.6 is 0 Å². The summed E-state index contributed by atoms with van der Waals surface area (Å²) in [6.45, 7) is 1.63. The number of hydrogen-bond donors (Lipinski definition) is 1. The maximum atomic E-state index is 13.7. The van der Waals surface area contributed by atoms with Gasteiger partial charge in [0.15, 0.2) is 17.2 Å². The zero-order valence-electron chi connectivity index (χ0n) is 19.4. The van der Waals surface area contributed by atoms with Crippen molar-refractivity contribution in [1.29, 1.82) is 0 Å². The van der Waals surface area contributed by atoms with Crippen LogP contribution in [0.2, 0.25) is 0 Å². The second-order valence-corrected chi connectivity index (χ2v) is 7.89. The molecule has 0 aliphatic carbocycles. The number of nitrogens with zero attached hydrogens (tertiary/aromatic N) is 1. The zero-order valence-corrected chi connectivity index (χ0v) is 19.4. The standard InChI is InChI=1S/C28H21FN2O5/c1-17-6-10-20(15-23(17)29)25(32)13-9-18-7-11-19(12-8-18)27(33)30-22-5-3-4-21(14-22)26-16-24(31-36-26)28(34)35-2/h3-16H,1-2H3,(H,30,33)/b13-9+. The molecule has 4 rings (SSSR count). The predicted molar refractivity (Wildman–Crippen MR) is 132 cm³/mol. The van der Waals surface area contributed by atoms with E-state index in [1.54, 1.807) is 73.7 Å². The first-order valence-electron chi connectivity index (χ1n) is 10.9. The minimum absolute atomic E-state index is 0.0452. The van der Waals surface area contributed by atoms with E-state index in [1.165, 1.54) is 25.3 Å². The Balaban J connectivity index is 1.41. The zero-order chi connectivity index (χ0) is 25.7. The van der Waals surface area contributed by atoms with E-state index in [9.17, 15) is 18.8 Å². The molecule has 180 valence electrons. The maximum Gasteiger partial charge on any atom is 0.360 e. The van der Waals surface area contributed by atoms with Crippen LogP contribution in [0.25, 0.3) is 17.4 Å². The Kier molecular flexibility index (Phi) is 7.15. The Morgan fingerprint density at radius 1 is 0.972 bits per heavy atom. The first-order valence-corrected chi connectivity index (χ1v) is 10.9. The van der Waals surface area contributed by atoms with E-state index in [-0.39, 0.29) is 22.9 Å². The highest BCUT2D eigenvalue weighted by Crippen LogP contribution is 2.24. The lowest BCUT2D eigenvalue weighted by Crippen LogP contribution is -2.11. The molecule has 0 aliphatic rings. The minimum atomic E-state index is -0.610. The first-order chi connectivity index (χ1) is 17.3. The van der Waals surface area contributed by atoms with Crippen molar-refractivity contribution in [2.45, 2.75) is 6.92 Å². The number of aryl methyl sites for hydroxylation is 1. The van der Waals surface area contributed by atoms with Gasteiger partial charge in [-0.25, -0.2) is 9.18 Å². The number of ether oxygens (including phenoxy) is 1. The largest absolute Gasteiger partial charge is 0.464 e. The number of halogens is 1. The molecule has 0 spiro atoms. The number of carbonyl (C=O) groups excluding carboxylic acids is 3. The van der Waals surface area contributed by atoms with Crippen LogP contribution in [0.15, 0.2) is 83.4 Å². The summed E-state index contributed by atoms with van der Waals surface area (Å²) in [5.41, 5.74) is 3.05. The van der Waals surface area contributed by atoms with E-state index < -0.39 is 11.8 Å². The van der Waals surface area contributed by atoms with E-state index in [0.717, 1.165) is 0 Å². The van der Waals surface area contributed by atoms with Crippen molar-refractivity contribution in [3.05, 3.63) is 113 Å². The van der Waals surface area contributed by atoms with Gasteiger partial charge in [-0.15, -0.1) is 0 Å². The quantitative estimate of drug-likeness (QED) is 0.205. The van der Waals surface area contributed by atoms with Gasteiger partial charge in [-0.3, -0.25) is 9.59 Å². The molecule has 0 bridgehead atoms. The van der Waals surface area contributed by atoms with E-state index in [4.69, 9.17) is 4.52 Å². The van der Waals surface area contributed by atoms with Gasteiger partial charge in [-0.2, -0.15) is 0 Å². The minimum Gasteiger partial charge on any atom is -0.464 e. The molecule has 1 N–H and O–H groups in total. The normalized spacial score (nSPS) is 10.9. The molecule has 0 atom stereocenters. The number of rotatable bonds is 7. The summed E-state index contributed by atoms with van der Waals surface area (Å²) in [5, 5.41) is 6.49. The van der Waals surface area contributed by atoms with Crippen LogP contribution in [-0.2, 0) is 4.74 Å². The van der Waals surface area contributed by atoms with E-state index >= 15 is 0 Å². The third-order valence-electron chi connectivity index (χ3n) is 5.37. The topological polar surface area (TPSA) is 98.5 Å². The smallest absolute Gasteiger partial charge is 0.360 e. The molecule has 8 heteroatoms. The molecular formula is C28H21FN2O5. The number of esters is 1. The van der Waals surface area contributed by atoms with Gasteiger partial charge in [0, 0.05) is 28.4 Å². The molecule has 4 aromatic rings. The Morgan fingerprint density at radius 2 is 1.72 bits per heavy atom. The first kappa shape index (κ1) is 24.3. The van der Waals surface area contributed by atoms with Gasteiger partial charge in [-0.1, -0.05) is 47.6 Å². The lowest BCUT2D eigenvalue weighted by molar-refractivity contribution is 0.0589. The Morgan fingerprint density at radius 3 is 2.44 bits per heavy atom. The molecule has 7 nitrogen and oxygen atoms in total. The third kappa shape index (κ3) is 5.61. The molecule has 0 unspecified atom stereocenters. The molecule has 0 radical (unpaired) electrons. The molecule has 1 heterocycles. The highest BCUT2D eigenvalue weighted by Gasteiger charge is 2.14. The lowest BCUT2D eigenvalue weighted by atomic mass is 10.1. The number of hydrogen-bond acceptors (Lipinski definition) is 6. The Labute approximate surface area is 206 Å². The average Bonchev–Trinajstić information content (AvgIpc) is 3.39. The van der Waals surface area contributed by atoms with E-state index in [0.29, 0.717) is 33.7 Å². The highest BCUT2D eigenvalue weighted by atomic mass is 19.1. The lowest BCUT2D eigenvalue weighted by Gasteiger charge is -2.07. The van der Waals surface area contributed by atoms with Crippen molar-refractivity contribution in [2.24, 2.45) is 0 Å². The fourth-order valence-corrected chi connectivity index (χ4v) is 3.33. The van der Waals surface area contributed by atoms with Crippen LogP contribution in [0.4, 0.5) is 10.1 Å². The molecular weight excluding hydrogens is 463 g/mol. The van der Waals surface area contributed by atoms with E-state index in [2.05, 4.69) is 15.2 Å². The number of benzene rings is 3. The maximum absolute atomic E-state index is 13.7. The summed E-state index contributed by atoms with van der Waals surface area (Å²) in [5.74, 6) is -1.34. The van der Waals surface area contributed by atoms with Crippen molar-refractivity contribution in [1.82, 2.24) is 5.16 Å². The van der Waals surface area contributed by atoms with Gasteiger partial charge >= 0.3 is 5.97 Å². The van der Waals surface area contributed by atoms with E-state index in [1.807, 2.05) is 0 Å². The number of carbonyl (C=O) groups is 3. The van der Waals surface area contributed by atoms with Crippen molar-refractivity contribution in [2.75, 3.05) is 12.4 Å². The number of allylic oxidation sites excluding steroid dienone is 1. The molecule has 0 saturated carbocycles. The van der Waals surface area contributed by atoms with Crippen LogP contribution in [-0.4, -0.2) is 29.9 Å². The summed E-state index contributed by atoms with van der Waals surface area (Å²) in [6.07, 6.45) is 2.96. The van der Waals surface area contributed by atoms with Gasteiger partial charge in [0.25, 0.3) is 5.91 Å². The molecule has 3 aromatic carbocycles. The number of amides is 1. The number of methoxy groups -OCH3 is 1. The summed E-state index contributed by atoms with van der Waals surface area (Å²) < 4.78 is 23.5. The fraction of sp³-hybridized carbons (Fsp3) is 0.0714. The molecule has 1 aromatic heterocycles. The van der Waals surface area contributed by atoms with Gasteiger partial charge in [-0.05, 0) is 54.5 Å². The Bertz CT molecular complexity index is 1470. The second kappa shape index (κ2) is 10.6. The number of nitrogens with one attached hydrogen (secondary N) is 1. The molecule has 36 heavy (non-hydrogen) atoms. The summed E-state index contributed by atoms with van der Waals surface area (Å²) in [7, 11) is 1.25. The summed E-state index contributed by atoms with van der Waals surface area (Å²) in [6, 6.07) is 19.4. The number of anilines is 1. The van der Waals surface area contributed by atoms with Crippen molar-refractivity contribution >= 4 is 29.4 Å². The van der Waals surface area contributed by atoms with Gasteiger partial charge in [0.05, 0.1) is 7.11 Å². The summed E-state index contributed by atoms with van der Waals surface area (Å²) >= 11 is 0. The van der Waals surface area contributed by atoms with Crippen LogP contribution < -0.4 is 5.32 Å². The molecule has 0 saturated heterocycles. The molecule has 0 aliphatic heterocycles. The number of aromatic nitrogens is 1. The monoisotopic (exact) mass is 484 g/mol. The number of ketones is 1. The van der Waals surface area contributed by atoms with Crippen LogP contribution in [0.5, 0.6) is 0 Å². The Hall–Kier alpha value is -4.85. The second-order valence-electron chi connectivity index (χ2n) is 7.89. The van der Waals surface area contributed by atoms with Crippen LogP contribution in [0, 0.1) is 12.7 Å². The predicted octanol–water partition coefficient (Wildman–Crippen LogP) is 5.72. The van der Waals surface area contributed by atoms with Crippen molar-refractivity contribution in [3.8, 4) is 11.3 Å². The van der Waals surface area contributed by atoms with Gasteiger partial charge in [0.2, 0.25) is 0 Å². The SMILES string of the molecule is COC(=O)c1cc(-c2cccc(NC(=O)c3ccc(/C=C/C(=O)c4ccc(C)c(F)c4)cc3)c2)on1. The third-order valence-corrected chi connectivity index (χ3v) is 5.37. The van der Waals surface area contributed by atoms with Gasteiger partial charge in [0.1, 0.15) is 5.82 Å². The van der Waals surface area contributed by atoms with Crippen molar-refractivity contribution < 1.29 is 28.0 Å². The average molecular weight is 484 g/mol.